The fourth-order valence-electron chi connectivity index (χ4n) is 2.66. The molecule has 2 aromatic heterocycles. The van der Waals surface area contributed by atoms with Gasteiger partial charge in [-0.25, -0.2) is 14.4 Å². The lowest BCUT2D eigenvalue weighted by Gasteiger charge is -2.26. The third-order valence-corrected chi connectivity index (χ3v) is 5.50. The molecule has 0 aliphatic rings. The lowest BCUT2D eigenvalue weighted by molar-refractivity contribution is -0.259. The summed E-state index contributed by atoms with van der Waals surface area (Å²) >= 11 is 0.945. The highest BCUT2D eigenvalue weighted by molar-refractivity contribution is 7.17. The van der Waals surface area contributed by atoms with E-state index in [4.69, 9.17) is 5.73 Å². The SMILES string of the molecule is Cc1cc(F)c(C(=O)Nc2ccc(C(C)(O)C(F)(F)F)cn2)cc1NC(=O)c1cnc(N)s1. The number of thiazole rings is 1. The first-order valence-corrected chi connectivity index (χ1v) is 10.0. The van der Waals surface area contributed by atoms with Gasteiger partial charge in [0.05, 0.1) is 11.8 Å². The number of nitrogens with two attached hydrogens (primary N) is 1. The van der Waals surface area contributed by atoms with E-state index in [0.717, 1.165) is 41.8 Å². The molecule has 0 aliphatic carbocycles. The molecular weight excluding hydrogens is 466 g/mol. The molecule has 3 aromatic rings. The Bertz CT molecular complexity index is 1210. The van der Waals surface area contributed by atoms with E-state index in [0.29, 0.717) is 12.5 Å². The number of aliphatic hydroxyl groups is 1. The Balaban J connectivity index is 1.80. The van der Waals surface area contributed by atoms with Crippen molar-refractivity contribution >= 4 is 39.8 Å². The maximum atomic E-state index is 14.4. The van der Waals surface area contributed by atoms with Gasteiger partial charge in [-0.05, 0) is 37.6 Å². The Morgan fingerprint density at radius 1 is 1.09 bits per heavy atom. The summed E-state index contributed by atoms with van der Waals surface area (Å²) in [5, 5.41) is 14.7. The van der Waals surface area contributed by atoms with E-state index >= 15 is 0 Å². The van der Waals surface area contributed by atoms with E-state index in [1.807, 2.05) is 0 Å². The number of amides is 2. The van der Waals surface area contributed by atoms with Crippen LogP contribution in [0.15, 0.2) is 36.7 Å². The molecule has 0 saturated heterocycles. The van der Waals surface area contributed by atoms with Gasteiger partial charge in [-0.3, -0.25) is 9.59 Å². The van der Waals surface area contributed by atoms with Gasteiger partial charge in [-0.15, -0.1) is 0 Å². The maximum absolute atomic E-state index is 14.4. The highest BCUT2D eigenvalue weighted by Crippen LogP contribution is 2.38. The topological polar surface area (TPSA) is 130 Å². The predicted molar refractivity (Wildman–Crippen MR) is 113 cm³/mol. The zero-order valence-electron chi connectivity index (χ0n) is 17.1. The summed E-state index contributed by atoms with van der Waals surface area (Å²) in [6.45, 7) is 2.09. The standard InChI is InChI=1S/C20H17F4N5O3S/c1-9-5-12(21)11(6-13(9)28-17(31)14-8-27-18(25)33-14)16(30)29-15-4-3-10(7-26-15)19(2,32)20(22,23)24/h3-8,32H,1-2H3,(H2,25,27)(H,28,31)(H,26,29,30). The average molecular weight is 483 g/mol. The number of benzene rings is 1. The molecule has 5 N–H and O–H groups in total. The number of nitrogen functional groups attached to an aromatic ring is 1. The molecule has 1 unspecified atom stereocenters. The van der Waals surface area contributed by atoms with Crippen LogP contribution in [-0.4, -0.2) is 33.1 Å². The number of anilines is 3. The molecule has 0 saturated carbocycles. The minimum Gasteiger partial charge on any atom is -0.376 e. The van der Waals surface area contributed by atoms with Crippen LogP contribution in [0.1, 0.15) is 38.1 Å². The highest BCUT2D eigenvalue weighted by Gasteiger charge is 2.51. The quantitative estimate of drug-likeness (QED) is 0.408. The average Bonchev–Trinajstić information content (AvgIpc) is 3.16. The van der Waals surface area contributed by atoms with Crippen LogP contribution in [0.5, 0.6) is 0 Å². The molecule has 0 radical (unpaired) electrons. The van der Waals surface area contributed by atoms with Gasteiger partial charge in [0.1, 0.15) is 16.5 Å². The van der Waals surface area contributed by atoms with E-state index in [1.54, 1.807) is 0 Å². The predicted octanol–water partition coefficient (Wildman–Crippen LogP) is 3.84. The van der Waals surface area contributed by atoms with Crippen LogP contribution >= 0.6 is 11.3 Å². The van der Waals surface area contributed by atoms with Gasteiger partial charge in [-0.1, -0.05) is 17.4 Å². The number of pyridine rings is 1. The molecule has 0 bridgehead atoms. The van der Waals surface area contributed by atoms with Crippen LogP contribution in [0.2, 0.25) is 0 Å². The molecule has 2 heterocycles. The maximum Gasteiger partial charge on any atom is 0.421 e. The van der Waals surface area contributed by atoms with E-state index in [-0.39, 0.29) is 21.5 Å². The normalized spacial score (nSPS) is 13.3. The van der Waals surface area contributed by atoms with Gasteiger partial charge in [0.2, 0.25) is 0 Å². The second kappa shape index (κ2) is 8.75. The van der Waals surface area contributed by atoms with Crippen molar-refractivity contribution < 1.29 is 32.3 Å². The van der Waals surface area contributed by atoms with Gasteiger partial charge in [0.15, 0.2) is 10.7 Å². The Labute approximate surface area is 188 Å². The van der Waals surface area contributed by atoms with Crippen LogP contribution in [0, 0.1) is 12.7 Å². The van der Waals surface area contributed by atoms with Crippen LogP contribution < -0.4 is 16.4 Å². The van der Waals surface area contributed by atoms with Gasteiger partial charge in [0.25, 0.3) is 11.8 Å². The van der Waals surface area contributed by atoms with Crippen molar-refractivity contribution in [1.82, 2.24) is 9.97 Å². The fourth-order valence-corrected chi connectivity index (χ4v) is 3.24. The van der Waals surface area contributed by atoms with Crippen LogP contribution in [0.25, 0.3) is 0 Å². The molecule has 1 atom stereocenters. The third kappa shape index (κ3) is 5.09. The number of nitrogens with one attached hydrogen (secondary N) is 2. The molecule has 174 valence electrons. The van der Waals surface area contributed by atoms with E-state index in [9.17, 15) is 32.3 Å². The first-order valence-electron chi connectivity index (χ1n) is 9.19. The molecule has 1 aromatic carbocycles. The van der Waals surface area contributed by atoms with Gasteiger partial charge < -0.3 is 21.5 Å². The molecule has 3 rings (SSSR count). The third-order valence-electron chi connectivity index (χ3n) is 4.67. The van der Waals surface area contributed by atoms with E-state index in [2.05, 4.69) is 20.6 Å². The Morgan fingerprint density at radius 2 is 1.79 bits per heavy atom. The van der Waals surface area contributed by atoms with Crippen molar-refractivity contribution in [3.8, 4) is 0 Å². The fraction of sp³-hybridized carbons (Fsp3) is 0.200. The molecule has 33 heavy (non-hydrogen) atoms. The number of nitrogens with zero attached hydrogens (tertiary/aromatic N) is 2. The summed E-state index contributed by atoms with van der Waals surface area (Å²) in [7, 11) is 0. The molecule has 0 aliphatic heterocycles. The number of halogens is 4. The Kier molecular flexibility index (Phi) is 6.38. The van der Waals surface area contributed by atoms with Crippen LogP contribution in [-0.2, 0) is 5.60 Å². The number of carbonyl (C=O) groups excluding carboxylic acids is 2. The minimum atomic E-state index is -4.93. The molecule has 2 amide bonds. The van der Waals surface area contributed by atoms with Crippen molar-refractivity contribution in [2.75, 3.05) is 16.4 Å². The number of aromatic nitrogens is 2. The number of alkyl halides is 3. The van der Waals surface area contributed by atoms with Crippen LogP contribution in [0.3, 0.4) is 0 Å². The number of hydrogen-bond donors (Lipinski definition) is 4. The van der Waals surface area contributed by atoms with Crippen molar-refractivity contribution in [3.05, 3.63) is 64.0 Å². The molecule has 0 fully saturated rings. The van der Waals surface area contributed by atoms with Crippen molar-refractivity contribution in [2.24, 2.45) is 0 Å². The number of carbonyl (C=O) groups is 2. The van der Waals surface area contributed by atoms with Crippen LogP contribution in [0.4, 0.5) is 34.2 Å². The summed E-state index contributed by atoms with van der Waals surface area (Å²) in [6, 6.07) is 4.14. The zero-order valence-corrected chi connectivity index (χ0v) is 17.9. The summed E-state index contributed by atoms with van der Waals surface area (Å²) < 4.78 is 53.2. The monoisotopic (exact) mass is 483 g/mol. The Morgan fingerprint density at radius 3 is 2.33 bits per heavy atom. The second-order valence-electron chi connectivity index (χ2n) is 7.12. The van der Waals surface area contributed by atoms with Crippen molar-refractivity contribution in [3.63, 3.8) is 0 Å². The van der Waals surface area contributed by atoms with Gasteiger partial charge in [-0.2, -0.15) is 13.2 Å². The van der Waals surface area contributed by atoms with Crippen molar-refractivity contribution in [2.45, 2.75) is 25.6 Å². The van der Waals surface area contributed by atoms with Crippen molar-refractivity contribution in [1.29, 1.82) is 0 Å². The zero-order chi connectivity index (χ0) is 24.6. The smallest absolute Gasteiger partial charge is 0.376 e. The van der Waals surface area contributed by atoms with E-state index < -0.39 is 40.5 Å². The highest BCUT2D eigenvalue weighted by atomic mass is 32.1. The number of aryl methyl sites for hydroxylation is 1. The van der Waals surface area contributed by atoms with Gasteiger partial charge >= 0.3 is 6.18 Å². The summed E-state index contributed by atoms with van der Waals surface area (Å²) in [5.74, 6) is -2.57. The Hall–Kier alpha value is -3.58. The largest absolute Gasteiger partial charge is 0.421 e. The second-order valence-corrected chi connectivity index (χ2v) is 8.18. The van der Waals surface area contributed by atoms with E-state index in [1.165, 1.54) is 13.1 Å². The lowest BCUT2D eigenvalue weighted by atomic mass is 9.97. The molecule has 8 nitrogen and oxygen atoms in total. The molecule has 13 heteroatoms. The molecular formula is C20H17F4N5O3S. The first-order chi connectivity index (χ1) is 15.3. The summed E-state index contributed by atoms with van der Waals surface area (Å²) in [5.41, 5.74) is 1.88. The summed E-state index contributed by atoms with van der Waals surface area (Å²) in [4.78, 5) is 32.5. The lowest BCUT2D eigenvalue weighted by Crippen LogP contribution is -2.39. The first kappa shape index (κ1) is 24.1. The summed E-state index contributed by atoms with van der Waals surface area (Å²) in [6.07, 6.45) is -2.91. The molecule has 0 spiro atoms. The number of hydrogen-bond acceptors (Lipinski definition) is 7. The van der Waals surface area contributed by atoms with Gasteiger partial charge in [0, 0.05) is 17.4 Å². The minimum absolute atomic E-state index is 0.156. The number of rotatable bonds is 5.